The van der Waals surface area contributed by atoms with E-state index < -0.39 is 0 Å². The number of thioether (sulfide) groups is 1. The molecule has 2 aromatic carbocycles. The predicted octanol–water partition coefficient (Wildman–Crippen LogP) is 5.25. The van der Waals surface area contributed by atoms with E-state index in [9.17, 15) is 0 Å². The quantitative estimate of drug-likeness (QED) is 0.581. The number of benzene rings is 2. The van der Waals surface area contributed by atoms with Crippen molar-refractivity contribution in [3.63, 3.8) is 0 Å². The minimum Gasteiger partial charge on any atom is -0.335 e. The highest BCUT2D eigenvalue weighted by Crippen LogP contribution is 2.47. The zero-order valence-electron chi connectivity index (χ0n) is 13.7. The van der Waals surface area contributed by atoms with Crippen LogP contribution in [0, 0.1) is 0 Å². The van der Waals surface area contributed by atoms with E-state index >= 15 is 0 Å². The fourth-order valence-electron chi connectivity index (χ4n) is 3.15. The van der Waals surface area contributed by atoms with Crippen LogP contribution in [0.1, 0.15) is 12.5 Å². The summed E-state index contributed by atoms with van der Waals surface area (Å²) in [6, 6.07) is 16.8. The van der Waals surface area contributed by atoms with Crippen molar-refractivity contribution in [2.45, 2.75) is 11.8 Å². The van der Waals surface area contributed by atoms with Gasteiger partial charge in [0.1, 0.15) is 7.05 Å². The van der Waals surface area contributed by atoms with Crippen molar-refractivity contribution in [2.75, 3.05) is 11.4 Å². The first-order valence-corrected chi connectivity index (χ1v) is 9.21. The van der Waals surface area contributed by atoms with Gasteiger partial charge in [0.25, 0.3) is 0 Å². The van der Waals surface area contributed by atoms with E-state index in [2.05, 4.69) is 78.2 Å². The molecule has 4 rings (SSSR count). The monoisotopic (exact) mass is 353 g/mol. The van der Waals surface area contributed by atoms with Gasteiger partial charge >= 0.3 is 0 Å². The summed E-state index contributed by atoms with van der Waals surface area (Å²) in [5.74, 6) is 0. The Morgan fingerprint density at radius 3 is 2.83 bits per heavy atom. The van der Waals surface area contributed by atoms with Gasteiger partial charge in [0, 0.05) is 28.6 Å². The Labute approximate surface area is 151 Å². The van der Waals surface area contributed by atoms with Crippen LogP contribution in [0.2, 0.25) is 5.02 Å². The zero-order valence-corrected chi connectivity index (χ0v) is 15.2. The van der Waals surface area contributed by atoms with E-state index in [0.29, 0.717) is 0 Å². The molecule has 0 spiro atoms. The van der Waals surface area contributed by atoms with Gasteiger partial charge in [-0.05, 0) is 42.8 Å². The Kier molecular flexibility index (Phi) is 3.99. The summed E-state index contributed by atoms with van der Waals surface area (Å²) in [4.78, 5) is 3.59. The number of halogens is 1. The zero-order chi connectivity index (χ0) is 16.7. The van der Waals surface area contributed by atoms with Crippen molar-refractivity contribution in [1.82, 2.24) is 0 Å². The lowest BCUT2D eigenvalue weighted by atomic mass is 10.1. The van der Waals surface area contributed by atoms with Crippen LogP contribution < -0.4 is 9.47 Å². The largest absolute Gasteiger partial charge is 0.335 e. The molecule has 0 atom stereocenters. The molecule has 1 aliphatic rings. The highest BCUT2D eigenvalue weighted by molar-refractivity contribution is 8.03. The summed E-state index contributed by atoms with van der Waals surface area (Å²) in [5, 5.41) is 3.29. The predicted molar refractivity (Wildman–Crippen MR) is 103 cm³/mol. The molecule has 0 aliphatic carbocycles. The summed E-state index contributed by atoms with van der Waals surface area (Å²) in [7, 11) is 2.08. The Morgan fingerprint density at radius 1 is 1.17 bits per heavy atom. The maximum Gasteiger partial charge on any atom is 0.212 e. The number of nitrogens with zero attached hydrogens (tertiary/aromatic N) is 2. The van der Waals surface area contributed by atoms with Crippen molar-refractivity contribution in [1.29, 1.82) is 0 Å². The summed E-state index contributed by atoms with van der Waals surface area (Å²) >= 11 is 8.00. The molecule has 3 aromatic rings. The van der Waals surface area contributed by atoms with Gasteiger partial charge in [-0.25, -0.2) is 4.57 Å². The van der Waals surface area contributed by atoms with E-state index in [4.69, 9.17) is 11.6 Å². The number of pyridine rings is 1. The second kappa shape index (κ2) is 6.15. The van der Waals surface area contributed by atoms with Gasteiger partial charge in [-0.3, -0.25) is 0 Å². The molecule has 120 valence electrons. The third-order valence-electron chi connectivity index (χ3n) is 4.36. The second-order valence-corrected chi connectivity index (χ2v) is 7.34. The molecule has 0 N–H and O–H groups in total. The summed E-state index contributed by atoms with van der Waals surface area (Å²) < 4.78 is 2.16. The van der Waals surface area contributed by atoms with Gasteiger partial charge in [0.15, 0.2) is 6.20 Å². The number of aromatic nitrogens is 1. The molecule has 1 aliphatic heterocycles. The van der Waals surface area contributed by atoms with Crippen LogP contribution in [0.3, 0.4) is 0 Å². The van der Waals surface area contributed by atoms with Crippen molar-refractivity contribution in [3.05, 3.63) is 70.3 Å². The van der Waals surface area contributed by atoms with E-state index in [1.54, 1.807) is 11.8 Å². The van der Waals surface area contributed by atoms with Crippen molar-refractivity contribution in [2.24, 2.45) is 7.05 Å². The summed E-state index contributed by atoms with van der Waals surface area (Å²) in [6.45, 7) is 3.10. The molecule has 0 amide bonds. The Bertz CT molecular complexity index is 965. The molecule has 2 nitrogen and oxygen atoms in total. The highest BCUT2D eigenvalue weighted by atomic mass is 35.5. The molecule has 0 saturated heterocycles. The molecule has 2 heterocycles. The van der Waals surface area contributed by atoms with Crippen LogP contribution in [0.5, 0.6) is 0 Å². The molecule has 0 saturated carbocycles. The molecule has 4 heteroatoms. The third kappa shape index (κ3) is 2.58. The number of hydrogen-bond acceptors (Lipinski definition) is 2. The molecule has 1 aromatic heterocycles. The van der Waals surface area contributed by atoms with Crippen LogP contribution >= 0.6 is 23.4 Å². The molecule has 0 radical (unpaired) electrons. The van der Waals surface area contributed by atoms with Crippen molar-refractivity contribution >= 4 is 46.0 Å². The molecule has 24 heavy (non-hydrogen) atoms. The molecular weight excluding hydrogens is 336 g/mol. The normalized spacial score (nSPS) is 15.3. The SMILES string of the molecule is CCN1/C(=C/c2cc[n+](C)c3ccccc23)Sc2ccc(Cl)cc21. The van der Waals surface area contributed by atoms with Crippen LogP contribution in [0.25, 0.3) is 17.0 Å². The Morgan fingerprint density at radius 2 is 2.00 bits per heavy atom. The fraction of sp³-hybridized carbons (Fsp3) is 0.150. The second-order valence-electron chi connectivity index (χ2n) is 5.84. The van der Waals surface area contributed by atoms with Crippen LogP contribution in [-0.2, 0) is 7.05 Å². The van der Waals surface area contributed by atoms with Gasteiger partial charge in [-0.1, -0.05) is 35.5 Å². The van der Waals surface area contributed by atoms with Crippen molar-refractivity contribution in [3.8, 4) is 0 Å². The first kappa shape index (κ1) is 15.6. The number of fused-ring (bicyclic) bond motifs is 2. The average molecular weight is 354 g/mol. The number of anilines is 1. The number of para-hydroxylation sites is 1. The molecular formula is C20H18ClN2S+. The van der Waals surface area contributed by atoms with E-state index in [1.165, 1.54) is 32.1 Å². The standard InChI is InChI=1S/C20H18ClN2S/c1-3-23-18-13-15(21)8-9-19(18)24-20(23)12-14-10-11-22(2)17-7-5-4-6-16(14)17/h4-13H,3H2,1-2H3/q+1. The maximum absolute atomic E-state index is 6.19. The highest BCUT2D eigenvalue weighted by Gasteiger charge is 2.24. The van der Waals surface area contributed by atoms with Gasteiger partial charge in [-0.15, -0.1) is 0 Å². The van der Waals surface area contributed by atoms with Gasteiger partial charge < -0.3 is 4.90 Å². The minimum atomic E-state index is 0.784. The van der Waals surface area contributed by atoms with Crippen LogP contribution in [0.15, 0.2) is 64.7 Å². The number of hydrogen-bond donors (Lipinski definition) is 0. The lowest BCUT2D eigenvalue weighted by molar-refractivity contribution is -0.644. The first-order valence-electron chi connectivity index (χ1n) is 8.01. The first-order chi connectivity index (χ1) is 11.7. The minimum absolute atomic E-state index is 0.784. The summed E-state index contributed by atoms with van der Waals surface area (Å²) in [5.41, 5.74) is 3.68. The van der Waals surface area contributed by atoms with Gasteiger partial charge in [0.05, 0.1) is 16.1 Å². The lowest BCUT2D eigenvalue weighted by Gasteiger charge is -2.18. The lowest BCUT2D eigenvalue weighted by Crippen LogP contribution is -2.28. The average Bonchev–Trinajstić information content (AvgIpc) is 2.94. The molecule has 0 fully saturated rings. The number of rotatable bonds is 2. The van der Waals surface area contributed by atoms with Crippen LogP contribution in [0.4, 0.5) is 5.69 Å². The van der Waals surface area contributed by atoms with E-state index in [1.807, 2.05) is 6.07 Å². The topological polar surface area (TPSA) is 7.12 Å². The summed E-state index contributed by atoms with van der Waals surface area (Å²) in [6.07, 6.45) is 4.40. The van der Waals surface area contributed by atoms with E-state index in [0.717, 1.165) is 11.6 Å². The third-order valence-corrected chi connectivity index (χ3v) is 5.71. The molecule has 0 unspecified atom stereocenters. The Hall–Kier alpha value is -1.97. The van der Waals surface area contributed by atoms with Crippen molar-refractivity contribution < 1.29 is 4.57 Å². The van der Waals surface area contributed by atoms with Crippen LogP contribution in [-0.4, -0.2) is 6.54 Å². The van der Waals surface area contributed by atoms with Gasteiger partial charge in [0.2, 0.25) is 5.52 Å². The molecule has 0 bridgehead atoms. The smallest absolute Gasteiger partial charge is 0.212 e. The van der Waals surface area contributed by atoms with Gasteiger partial charge in [-0.2, -0.15) is 0 Å². The van der Waals surface area contributed by atoms with E-state index in [-0.39, 0.29) is 0 Å². The fourth-order valence-corrected chi connectivity index (χ4v) is 4.48. The number of aryl methyl sites for hydroxylation is 1. The maximum atomic E-state index is 6.19. The Balaban J connectivity index is 1.84.